The van der Waals surface area contributed by atoms with Gasteiger partial charge in [0.25, 0.3) is 0 Å². The van der Waals surface area contributed by atoms with Crippen molar-refractivity contribution in [3.8, 4) is 0 Å². The Morgan fingerprint density at radius 1 is 1.33 bits per heavy atom. The van der Waals surface area contributed by atoms with E-state index in [2.05, 4.69) is 9.36 Å². The number of rotatable bonds is 1. The third-order valence-corrected chi connectivity index (χ3v) is 2.40. The molecule has 0 aliphatic heterocycles. The third-order valence-electron chi connectivity index (χ3n) is 1.63. The molecular weight excluding hydrogens is 189 g/mol. The van der Waals surface area contributed by atoms with Gasteiger partial charge < -0.3 is 0 Å². The van der Waals surface area contributed by atoms with Gasteiger partial charge in [-0.3, -0.25) is 0 Å². The van der Waals surface area contributed by atoms with E-state index in [9.17, 15) is 13.2 Å². The molecule has 1 aromatic heterocycles. The lowest BCUT2D eigenvalue weighted by atomic mass is 10.4. The minimum Gasteiger partial charge on any atom is -0.215 e. The van der Waals surface area contributed by atoms with Gasteiger partial charge in [0, 0.05) is 5.92 Å². The molecule has 0 bridgehead atoms. The Balaban J connectivity index is 2.23. The normalized spacial score (nSPS) is 18.2. The zero-order valence-corrected chi connectivity index (χ0v) is 6.74. The van der Waals surface area contributed by atoms with Gasteiger partial charge >= 0.3 is 6.18 Å². The van der Waals surface area contributed by atoms with Gasteiger partial charge in [-0.15, -0.1) is 0 Å². The Morgan fingerprint density at radius 2 is 2.00 bits per heavy atom. The van der Waals surface area contributed by atoms with Gasteiger partial charge in [-0.2, -0.15) is 17.5 Å². The second-order valence-electron chi connectivity index (χ2n) is 2.73. The van der Waals surface area contributed by atoms with Crippen LogP contribution in [-0.2, 0) is 6.18 Å². The van der Waals surface area contributed by atoms with E-state index in [-0.39, 0.29) is 5.92 Å². The monoisotopic (exact) mass is 194 g/mol. The zero-order valence-electron chi connectivity index (χ0n) is 5.93. The van der Waals surface area contributed by atoms with E-state index in [1.54, 1.807) is 0 Å². The van der Waals surface area contributed by atoms with Gasteiger partial charge in [0.15, 0.2) is 0 Å². The molecule has 0 amide bonds. The van der Waals surface area contributed by atoms with Crippen LogP contribution in [0.1, 0.15) is 29.6 Å². The summed E-state index contributed by atoms with van der Waals surface area (Å²) in [5, 5.41) is -0.829. The van der Waals surface area contributed by atoms with Crippen LogP contribution in [0.3, 0.4) is 0 Å². The van der Waals surface area contributed by atoms with E-state index in [1.165, 1.54) is 0 Å². The largest absolute Gasteiger partial charge is 0.444 e. The lowest BCUT2D eigenvalue weighted by Crippen LogP contribution is -2.03. The average molecular weight is 194 g/mol. The minimum absolute atomic E-state index is 0.192. The quantitative estimate of drug-likeness (QED) is 0.686. The molecule has 1 aromatic rings. The van der Waals surface area contributed by atoms with Gasteiger partial charge in [-0.05, 0) is 24.4 Å². The summed E-state index contributed by atoms with van der Waals surface area (Å²) in [5.74, 6) is 0.560. The van der Waals surface area contributed by atoms with E-state index < -0.39 is 11.2 Å². The number of nitrogens with zero attached hydrogens (tertiary/aromatic N) is 2. The number of hydrogen-bond donors (Lipinski definition) is 0. The Morgan fingerprint density at radius 3 is 2.42 bits per heavy atom. The van der Waals surface area contributed by atoms with Crippen molar-refractivity contribution >= 4 is 11.5 Å². The minimum atomic E-state index is -4.33. The molecule has 2 rings (SSSR count). The van der Waals surface area contributed by atoms with Crippen molar-refractivity contribution < 1.29 is 13.2 Å². The van der Waals surface area contributed by atoms with Crippen LogP contribution in [0, 0.1) is 0 Å². The molecule has 0 atom stereocenters. The molecule has 1 heterocycles. The van der Waals surface area contributed by atoms with E-state index in [0.29, 0.717) is 17.4 Å². The molecule has 2 nitrogen and oxygen atoms in total. The summed E-state index contributed by atoms with van der Waals surface area (Å²) in [7, 11) is 0. The molecule has 66 valence electrons. The molecule has 1 aliphatic rings. The highest BCUT2D eigenvalue weighted by atomic mass is 32.1. The second-order valence-corrected chi connectivity index (χ2v) is 3.48. The molecular formula is C6H5F3N2S. The fourth-order valence-corrected chi connectivity index (χ4v) is 1.47. The SMILES string of the molecule is FC(F)(F)c1nc(C2CC2)ns1. The molecule has 0 aromatic carbocycles. The van der Waals surface area contributed by atoms with Crippen LogP contribution in [0.25, 0.3) is 0 Å². The molecule has 1 saturated carbocycles. The van der Waals surface area contributed by atoms with Crippen LogP contribution in [0.5, 0.6) is 0 Å². The van der Waals surface area contributed by atoms with Gasteiger partial charge in [-0.25, -0.2) is 4.98 Å². The molecule has 0 unspecified atom stereocenters. The first kappa shape index (κ1) is 7.97. The summed E-state index contributed by atoms with van der Waals surface area (Å²) >= 11 is 0.439. The first-order chi connectivity index (χ1) is 5.57. The molecule has 1 fully saturated rings. The summed E-state index contributed by atoms with van der Waals surface area (Å²) < 4.78 is 39.6. The highest BCUT2D eigenvalue weighted by Crippen LogP contribution is 2.40. The molecule has 0 saturated heterocycles. The van der Waals surface area contributed by atoms with Gasteiger partial charge in [0.2, 0.25) is 5.01 Å². The lowest BCUT2D eigenvalue weighted by Gasteiger charge is -1.97. The summed E-state index contributed by atoms with van der Waals surface area (Å²) in [6.45, 7) is 0. The van der Waals surface area contributed by atoms with Crippen molar-refractivity contribution in [1.82, 2.24) is 9.36 Å². The van der Waals surface area contributed by atoms with Crippen molar-refractivity contribution in [2.24, 2.45) is 0 Å². The molecule has 6 heteroatoms. The van der Waals surface area contributed by atoms with Crippen molar-refractivity contribution in [1.29, 1.82) is 0 Å². The maximum atomic E-state index is 12.0. The third kappa shape index (κ3) is 1.43. The van der Waals surface area contributed by atoms with Crippen molar-refractivity contribution in [2.75, 3.05) is 0 Å². The van der Waals surface area contributed by atoms with E-state index >= 15 is 0 Å². The Kier molecular flexibility index (Phi) is 1.61. The van der Waals surface area contributed by atoms with Crippen LogP contribution in [0.15, 0.2) is 0 Å². The van der Waals surface area contributed by atoms with Crippen LogP contribution in [-0.4, -0.2) is 9.36 Å². The van der Waals surface area contributed by atoms with Crippen molar-refractivity contribution in [3.05, 3.63) is 10.8 Å². The van der Waals surface area contributed by atoms with Crippen LogP contribution in [0.2, 0.25) is 0 Å². The van der Waals surface area contributed by atoms with Crippen LogP contribution >= 0.6 is 11.5 Å². The summed E-state index contributed by atoms with van der Waals surface area (Å²) in [4.78, 5) is 3.43. The molecule has 1 aliphatic carbocycles. The van der Waals surface area contributed by atoms with Gasteiger partial charge in [0.05, 0.1) is 0 Å². The first-order valence-corrected chi connectivity index (χ1v) is 4.25. The highest BCUT2D eigenvalue weighted by Gasteiger charge is 2.37. The number of hydrogen-bond acceptors (Lipinski definition) is 3. The zero-order chi connectivity index (χ0) is 8.77. The van der Waals surface area contributed by atoms with Gasteiger partial charge in [-0.1, -0.05) is 0 Å². The maximum Gasteiger partial charge on any atom is 0.444 e. The summed E-state index contributed by atoms with van der Waals surface area (Å²) in [6.07, 6.45) is -2.48. The second kappa shape index (κ2) is 2.42. The average Bonchev–Trinajstić information content (AvgIpc) is 2.66. The Labute approximate surface area is 70.6 Å². The van der Waals surface area contributed by atoms with E-state index in [4.69, 9.17) is 0 Å². The Bertz CT molecular complexity index is 289. The van der Waals surface area contributed by atoms with Crippen molar-refractivity contribution in [3.63, 3.8) is 0 Å². The van der Waals surface area contributed by atoms with Crippen LogP contribution in [0.4, 0.5) is 13.2 Å². The predicted molar refractivity (Wildman–Crippen MR) is 36.9 cm³/mol. The molecule has 0 spiro atoms. The number of alkyl halides is 3. The lowest BCUT2D eigenvalue weighted by molar-refractivity contribution is -0.137. The molecule has 0 N–H and O–H groups in total. The molecule has 12 heavy (non-hydrogen) atoms. The van der Waals surface area contributed by atoms with Crippen molar-refractivity contribution in [2.45, 2.75) is 24.9 Å². The number of halogens is 3. The predicted octanol–water partition coefficient (Wildman–Crippen LogP) is 2.43. The first-order valence-electron chi connectivity index (χ1n) is 3.48. The standard InChI is InChI=1S/C6H5F3N2S/c7-6(8,9)5-10-4(11-12-5)3-1-2-3/h3H,1-2H2. The van der Waals surface area contributed by atoms with Crippen LogP contribution < -0.4 is 0 Å². The fourth-order valence-electron chi connectivity index (χ4n) is 0.857. The topological polar surface area (TPSA) is 25.8 Å². The molecule has 0 radical (unpaired) electrons. The smallest absolute Gasteiger partial charge is 0.215 e. The van der Waals surface area contributed by atoms with E-state index in [1.807, 2.05) is 0 Å². The highest BCUT2D eigenvalue weighted by molar-refractivity contribution is 7.05. The van der Waals surface area contributed by atoms with Gasteiger partial charge in [0.1, 0.15) is 5.82 Å². The summed E-state index contributed by atoms with van der Waals surface area (Å²) in [5.41, 5.74) is 0. The maximum absolute atomic E-state index is 12.0. The fraction of sp³-hybridized carbons (Fsp3) is 0.667. The van der Waals surface area contributed by atoms with E-state index in [0.717, 1.165) is 12.8 Å². The summed E-state index contributed by atoms with van der Waals surface area (Å²) in [6, 6.07) is 0. The number of aromatic nitrogens is 2. The Hall–Kier alpha value is -0.650.